The number of carbonyl (C=O) groups excluding carboxylic acids is 3. The summed E-state index contributed by atoms with van der Waals surface area (Å²) in [6.07, 6.45) is 5.91. The van der Waals surface area contributed by atoms with Gasteiger partial charge in [0, 0.05) is 18.9 Å². The highest BCUT2D eigenvalue weighted by molar-refractivity contribution is 5.96. The predicted molar refractivity (Wildman–Crippen MR) is 118 cm³/mol. The van der Waals surface area contributed by atoms with E-state index in [9.17, 15) is 29.4 Å². The van der Waals surface area contributed by atoms with Crippen molar-refractivity contribution in [2.45, 2.75) is 95.0 Å². The van der Waals surface area contributed by atoms with E-state index in [1.54, 1.807) is 20.8 Å². The van der Waals surface area contributed by atoms with Crippen LogP contribution in [0.5, 0.6) is 0 Å². The number of aliphatic hydroxyl groups excluding tert-OH is 1. The maximum Gasteiger partial charge on any atom is 0.408 e. The Morgan fingerprint density at radius 2 is 1.97 bits per heavy atom. The van der Waals surface area contributed by atoms with E-state index in [0.717, 1.165) is 19.3 Å². The van der Waals surface area contributed by atoms with Crippen molar-refractivity contribution in [3.8, 4) is 0 Å². The number of nitrogens with zero attached hydrogens (tertiary/aromatic N) is 1. The van der Waals surface area contributed by atoms with E-state index in [0.29, 0.717) is 12.8 Å². The summed E-state index contributed by atoms with van der Waals surface area (Å²) in [5, 5.41) is 25.2. The molecule has 2 fully saturated rings. The van der Waals surface area contributed by atoms with Crippen molar-refractivity contribution < 1.29 is 34.1 Å². The third kappa shape index (κ3) is 6.04. The van der Waals surface area contributed by atoms with Crippen molar-refractivity contribution in [2.75, 3.05) is 6.54 Å². The highest BCUT2D eigenvalue weighted by Crippen LogP contribution is 2.45. The molecule has 1 unspecified atom stereocenters. The lowest BCUT2D eigenvalue weighted by Gasteiger charge is -2.30. The number of aliphatic hydroxyl groups is 1. The second-order valence-corrected chi connectivity index (χ2v) is 10.2. The smallest absolute Gasteiger partial charge is 0.408 e. The van der Waals surface area contributed by atoms with Crippen LogP contribution in [-0.4, -0.2) is 74.9 Å². The summed E-state index contributed by atoms with van der Waals surface area (Å²) in [5.41, 5.74) is -2.12. The fourth-order valence-electron chi connectivity index (χ4n) is 4.53. The highest BCUT2D eigenvalue weighted by Gasteiger charge is 2.61. The molecule has 184 valence electrons. The molecule has 3 rings (SSSR count). The zero-order valence-electron chi connectivity index (χ0n) is 19.5. The monoisotopic (exact) mass is 465 g/mol. The lowest BCUT2D eigenvalue weighted by atomic mass is 10.0. The van der Waals surface area contributed by atoms with Crippen LogP contribution < -0.4 is 10.6 Å². The molecule has 0 aromatic heterocycles. The summed E-state index contributed by atoms with van der Waals surface area (Å²) in [6, 6.07) is -1.93. The summed E-state index contributed by atoms with van der Waals surface area (Å²) in [7, 11) is 0. The highest BCUT2D eigenvalue weighted by atomic mass is 16.6. The van der Waals surface area contributed by atoms with Gasteiger partial charge in [0.25, 0.3) is 0 Å². The number of carboxylic acid groups (broad SMARTS) is 1. The largest absolute Gasteiger partial charge is 0.479 e. The van der Waals surface area contributed by atoms with E-state index < -0.39 is 53.2 Å². The van der Waals surface area contributed by atoms with Crippen molar-refractivity contribution in [2.24, 2.45) is 5.92 Å². The second kappa shape index (κ2) is 9.70. The Kier molecular flexibility index (Phi) is 7.36. The van der Waals surface area contributed by atoms with Gasteiger partial charge in [-0.05, 0) is 46.5 Å². The Balaban J connectivity index is 1.83. The first-order valence-corrected chi connectivity index (χ1v) is 11.6. The molecular weight excluding hydrogens is 430 g/mol. The first kappa shape index (κ1) is 25.0. The van der Waals surface area contributed by atoms with E-state index in [1.165, 1.54) is 4.90 Å². The maximum absolute atomic E-state index is 13.4. The standard InChI is InChI=1S/C23H35N3O7/c1-22(2,3)33-21(32)24-16-10-8-6-4-5-7-9-14-12-23(14,20(30)31)25-18(28)17-11-15(27)13-26(17)19(16)29/h7,9,14-17,27H,4-6,8,10-13H2,1-3H3,(H,24,32)(H,25,28)(H,30,31)/t14?,15-,16+,17+,23-/m1/s1. The van der Waals surface area contributed by atoms with Crippen LogP contribution in [0.25, 0.3) is 0 Å². The summed E-state index contributed by atoms with van der Waals surface area (Å²) >= 11 is 0. The van der Waals surface area contributed by atoms with Crippen LogP contribution in [0, 0.1) is 5.92 Å². The van der Waals surface area contributed by atoms with E-state index in [2.05, 4.69) is 10.6 Å². The Morgan fingerprint density at radius 1 is 1.24 bits per heavy atom. The van der Waals surface area contributed by atoms with Crippen LogP contribution in [0.4, 0.5) is 4.79 Å². The predicted octanol–water partition coefficient (Wildman–Crippen LogP) is 1.32. The molecule has 3 amide bonds. The number of nitrogens with one attached hydrogen (secondary N) is 2. The van der Waals surface area contributed by atoms with Gasteiger partial charge < -0.3 is 30.5 Å². The van der Waals surface area contributed by atoms with Gasteiger partial charge in [-0.2, -0.15) is 0 Å². The number of alkyl carbamates (subject to hydrolysis) is 1. The number of fused-ring (bicyclic) bond motifs is 2. The average Bonchev–Trinajstić information content (AvgIpc) is 3.25. The molecule has 0 radical (unpaired) electrons. The first-order valence-electron chi connectivity index (χ1n) is 11.6. The molecule has 10 nitrogen and oxygen atoms in total. The maximum atomic E-state index is 13.4. The van der Waals surface area contributed by atoms with Crippen LogP contribution in [0.1, 0.15) is 65.7 Å². The van der Waals surface area contributed by atoms with E-state index in [4.69, 9.17) is 4.74 Å². The van der Waals surface area contributed by atoms with Gasteiger partial charge >= 0.3 is 12.1 Å². The van der Waals surface area contributed by atoms with Gasteiger partial charge in [0.05, 0.1) is 6.10 Å². The summed E-state index contributed by atoms with van der Waals surface area (Å²) in [4.78, 5) is 52.0. The van der Waals surface area contributed by atoms with Crippen LogP contribution in [0.2, 0.25) is 0 Å². The summed E-state index contributed by atoms with van der Waals surface area (Å²) in [6.45, 7) is 5.10. The Bertz CT molecular complexity index is 821. The molecule has 0 aromatic carbocycles. The molecule has 4 N–H and O–H groups in total. The third-order valence-corrected chi connectivity index (χ3v) is 6.33. The number of rotatable bonds is 2. The van der Waals surface area contributed by atoms with Crippen molar-refractivity contribution in [1.82, 2.24) is 15.5 Å². The van der Waals surface area contributed by atoms with Gasteiger partial charge in [-0.15, -0.1) is 0 Å². The molecule has 1 saturated carbocycles. The fraction of sp³-hybridized carbons (Fsp3) is 0.739. The summed E-state index contributed by atoms with van der Waals surface area (Å²) in [5.74, 6) is -2.51. The number of aliphatic carboxylic acids is 1. The molecule has 10 heteroatoms. The molecule has 1 saturated heterocycles. The minimum absolute atomic E-state index is 0.00688. The van der Waals surface area contributed by atoms with E-state index in [-0.39, 0.29) is 25.3 Å². The van der Waals surface area contributed by atoms with Gasteiger partial charge in [0.15, 0.2) is 0 Å². The molecule has 3 aliphatic rings. The number of carbonyl (C=O) groups is 4. The van der Waals surface area contributed by atoms with Gasteiger partial charge in [0.1, 0.15) is 23.2 Å². The van der Waals surface area contributed by atoms with Crippen molar-refractivity contribution in [3.63, 3.8) is 0 Å². The van der Waals surface area contributed by atoms with Crippen LogP contribution in [0.3, 0.4) is 0 Å². The summed E-state index contributed by atoms with van der Waals surface area (Å²) < 4.78 is 5.30. The van der Waals surface area contributed by atoms with Crippen LogP contribution in [0.15, 0.2) is 12.2 Å². The number of hydrogen-bond donors (Lipinski definition) is 4. The number of carboxylic acids is 1. The van der Waals surface area contributed by atoms with Gasteiger partial charge in [0.2, 0.25) is 11.8 Å². The molecule has 0 bridgehead atoms. The molecule has 2 aliphatic heterocycles. The molecule has 2 heterocycles. The Labute approximate surface area is 193 Å². The van der Waals surface area contributed by atoms with E-state index in [1.807, 2.05) is 12.2 Å². The zero-order chi connectivity index (χ0) is 24.4. The lowest BCUT2D eigenvalue weighted by Crippen LogP contribution is -2.56. The van der Waals surface area contributed by atoms with E-state index >= 15 is 0 Å². The topological polar surface area (TPSA) is 145 Å². The third-order valence-electron chi connectivity index (χ3n) is 6.33. The van der Waals surface area contributed by atoms with Crippen molar-refractivity contribution >= 4 is 23.9 Å². The fourth-order valence-corrected chi connectivity index (χ4v) is 4.53. The number of hydrogen-bond acceptors (Lipinski definition) is 6. The minimum atomic E-state index is -1.38. The van der Waals surface area contributed by atoms with Crippen molar-refractivity contribution in [1.29, 1.82) is 0 Å². The zero-order valence-corrected chi connectivity index (χ0v) is 19.5. The SMILES string of the molecule is CC(C)(C)OC(=O)N[C@H]1CCCCCC=CC2C[C@@]2(C(=O)O)NC(=O)[C@@H]2C[C@@H](O)CN2C1=O. The lowest BCUT2D eigenvalue weighted by molar-refractivity contribution is -0.145. The second-order valence-electron chi connectivity index (χ2n) is 10.2. The first-order chi connectivity index (χ1) is 15.4. The number of allylic oxidation sites excluding steroid dienone is 1. The van der Waals surface area contributed by atoms with Gasteiger partial charge in [-0.25, -0.2) is 9.59 Å². The molecule has 33 heavy (non-hydrogen) atoms. The average molecular weight is 466 g/mol. The number of ether oxygens (including phenoxy) is 1. The quantitative estimate of drug-likeness (QED) is 0.450. The van der Waals surface area contributed by atoms with Gasteiger partial charge in [-0.3, -0.25) is 9.59 Å². The molecule has 0 spiro atoms. The Morgan fingerprint density at radius 3 is 2.64 bits per heavy atom. The number of amides is 3. The normalized spacial score (nSPS) is 33.2. The molecular formula is C23H35N3O7. The van der Waals surface area contributed by atoms with Gasteiger partial charge in [-0.1, -0.05) is 25.0 Å². The Hall–Kier alpha value is -2.62. The van der Waals surface area contributed by atoms with Crippen LogP contribution in [-0.2, 0) is 19.1 Å². The molecule has 1 aliphatic carbocycles. The molecule has 5 atom stereocenters. The van der Waals surface area contributed by atoms with Crippen LogP contribution >= 0.6 is 0 Å². The minimum Gasteiger partial charge on any atom is -0.479 e. The molecule has 0 aromatic rings. The van der Waals surface area contributed by atoms with Crippen molar-refractivity contribution in [3.05, 3.63) is 12.2 Å².